The standard InChI is InChI=1S/C43H67NO11/c1-8-44-22-31(46-6)20-35-37(47-7)32(26(5)49-35)19-27(45)18-29-12-14-34-38(51-29)42-41-40(52-34)39-36(53-41)21-43(54-39,55-42)16-15-30-17-24(3)33(50-30)13-11-28-10-9-23(2)25(4)48-28/h25-26,28-42,44H,2-3,8-22H2,1,4-7H3/t25-,26+,28-,29-,30+,31+,32+,33+,34+,35-,36-,37-,38+,39+,40+,41?,42+,43+/m1/s1. The summed E-state index contributed by atoms with van der Waals surface area (Å²) in [4.78, 5) is 13.7. The van der Waals surface area contributed by atoms with Crippen molar-refractivity contribution < 1.29 is 52.2 Å². The first kappa shape index (κ1) is 40.5. The summed E-state index contributed by atoms with van der Waals surface area (Å²) in [6.07, 6.45) is 8.55. The number of ketones is 1. The Morgan fingerprint density at radius 1 is 0.836 bits per heavy atom. The van der Waals surface area contributed by atoms with Gasteiger partial charge in [0.1, 0.15) is 36.3 Å². The highest BCUT2D eigenvalue weighted by Gasteiger charge is 2.68. The van der Waals surface area contributed by atoms with E-state index in [1.807, 2.05) is 6.92 Å². The second kappa shape index (κ2) is 17.1. The quantitative estimate of drug-likeness (QED) is 0.197. The molecule has 9 aliphatic heterocycles. The Kier molecular flexibility index (Phi) is 12.6. The zero-order valence-corrected chi connectivity index (χ0v) is 33.8. The van der Waals surface area contributed by atoms with Crippen LogP contribution in [0.1, 0.15) is 104 Å². The molecule has 310 valence electrons. The number of likely N-dealkylation sites (N-methyl/N-ethyl adjacent to an activating group) is 1. The maximum absolute atomic E-state index is 13.7. The second-order valence-corrected chi connectivity index (χ2v) is 17.8. The van der Waals surface area contributed by atoms with Gasteiger partial charge in [0.2, 0.25) is 0 Å². The number of carbonyl (C=O) groups is 1. The molecule has 1 unspecified atom stereocenters. The van der Waals surface area contributed by atoms with Gasteiger partial charge in [0, 0.05) is 58.8 Å². The zero-order valence-electron chi connectivity index (χ0n) is 33.8. The fourth-order valence-electron chi connectivity index (χ4n) is 11.0. The Bertz CT molecular complexity index is 1380. The molecule has 0 amide bonds. The predicted octanol–water partition coefficient (Wildman–Crippen LogP) is 5.13. The van der Waals surface area contributed by atoms with Crippen LogP contribution in [0.15, 0.2) is 24.3 Å². The zero-order chi connectivity index (χ0) is 38.4. The van der Waals surface area contributed by atoms with E-state index in [1.165, 1.54) is 11.1 Å². The van der Waals surface area contributed by atoms with Gasteiger partial charge in [-0.3, -0.25) is 4.79 Å². The normalized spacial score (nSPS) is 46.6. The molecule has 12 heteroatoms. The number of ether oxygens (including phenoxy) is 10. The van der Waals surface area contributed by atoms with Crippen molar-refractivity contribution in [3.63, 3.8) is 0 Å². The van der Waals surface area contributed by atoms with Gasteiger partial charge in [-0.2, -0.15) is 0 Å². The van der Waals surface area contributed by atoms with Crippen LogP contribution in [-0.4, -0.2) is 137 Å². The Hall–Kier alpha value is -1.29. The molecule has 6 bridgehead atoms. The van der Waals surface area contributed by atoms with Crippen LogP contribution in [0, 0.1) is 5.92 Å². The maximum Gasteiger partial charge on any atom is 0.172 e. The van der Waals surface area contributed by atoms with E-state index < -0.39 is 5.79 Å². The van der Waals surface area contributed by atoms with Gasteiger partial charge in [0.25, 0.3) is 0 Å². The molecule has 9 aliphatic rings. The molecular weight excluding hydrogens is 706 g/mol. The van der Waals surface area contributed by atoms with Crippen molar-refractivity contribution in [1.29, 1.82) is 0 Å². The average Bonchev–Trinajstić information content (AvgIpc) is 3.84. The van der Waals surface area contributed by atoms with Crippen molar-refractivity contribution in [2.24, 2.45) is 5.92 Å². The SMILES string of the molecule is C=C1C[C@H](CC[C@@]23C[C@H]4OC5[C@@H](O[C@H]6CC[C@H](CC(=O)C[C@@H]7[C@@H](OC)[C@@H](C[C@@H](CNCC)OC)O[C@H]7C)O[C@@H]6[C@@H]5O2)[C@H]4O3)O[C@H]1CC[C@H]1CCC(=C)[C@@H](C)O1. The fourth-order valence-corrected chi connectivity index (χ4v) is 11.0. The molecule has 55 heavy (non-hydrogen) atoms. The second-order valence-electron chi connectivity index (χ2n) is 17.8. The third-order valence-electron chi connectivity index (χ3n) is 14.1. The highest BCUT2D eigenvalue weighted by atomic mass is 16.8. The van der Waals surface area contributed by atoms with Crippen LogP contribution in [0.2, 0.25) is 0 Å². The topological polar surface area (TPSA) is 121 Å². The molecule has 1 N–H and O–H groups in total. The minimum Gasteiger partial charge on any atom is -0.380 e. The van der Waals surface area contributed by atoms with Crippen molar-refractivity contribution in [3.8, 4) is 0 Å². The molecule has 0 aliphatic carbocycles. The largest absolute Gasteiger partial charge is 0.380 e. The fraction of sp³-hybridized carbons (Fsp3) is 0.884. The predicted molar refractivity (Wildman–Crippen MR) is 203 cm³/mol. The van der Waals surface area contributed by atoms with Crippen molar-refractivity contribution >= 4 is 5.78 Å². The number of fused-ring (bicyclic) bond motifs is 1. The first-order valence-corrected chi connectivity index (χ1v) is 21.5. The minimum atomic E-state index is -0.774. The number of carbonyl (C=O) groups excluding carboxylic acids is 1. The van der Waals surface area contributed by atoms with Gasteiger partial charge in [0.05, 0.1) is 67.1 Å². The van der Waals surface area contributed by atoms with E-state index in [4.69, 9.17) is 47.4 Å². The molecule has 18 atom stereocenters. The summed E-state index contributed by atoms with van der Waals surface area (Å²) in [5.41, 5.74) is 2.36. The molecule has 0 saturated carbocycles. The van der Waals surface area contributed by atoms with E-state index in [0.29, 0.717) is 32.1 Å². The molecule has 9 fully saturated rings. The summed E-state index contributed by atoms with van der Waals surface area (Å²) in [6.45, 7) is 16.4. The lowest BCUT2D eigenvalue weighted by Crippen LogP contribution is -2.61. The maximum atomic E-state index is 13.7. The van der Waals surface area contributed by atoms with Crippen LogP contribution < -0.4 is 5.32 Å². The number of hydrogen-bond acceptors (Lipinski definition) is 12. The van der Waals surface area contributed by atoms with Crippen LogP contribution in [0.5, 0.6) is 0 Å². The van der Waals surface area contributed by atoms with Crippen LogP contribution in [0.3, 0.4) is 0 Å². The molecule has 12 nitrogen and oxygen atoms in total. The molecule has 0 aromatic heterocycles. The summed E-state index contributed by atoms with van der Waals surface area (Å²) in [5.74, 6) is -0.635. The van der Waals surface area contributed by atoms with Crippen LogP contribution in [0.25, 0.3) is 0 Å². The molecule has 9 rings (SSSR count). The third-order valence-corrected chi connectivity index (χ3v) is 14.1. The molecule has 0 aromatic carbocycles. The van der Waals surface area contributed by atoms with Gasteiger partial charge in [-0.1, -0.05) is 20.1 Å². The first-order valence-electron chi connectivity index (χ1n) is 21.5. The third kappa shape index (κ3) is 8.44. The summed E-state index contributed by atoms with van der Waals surface area (Å²) >= 11 is 0. The number of methoxy groups -OCH3 is 2. The smallest absolute Gasteiger partial charge is 0.172 e. The summed E-state index contributed by atoms with van der Waals surface area (Å²) in [7, 11) is 3.45. The van der Waals surface area contributed by atoms with Crippen LogP contribution in [-0.2, 0) is 52.2 Å². The van der Waals surface area contributed by atoms with Crippen molar-refractivity contribution in [1.82, 2.24) is 5.32 Å². The molecule has 9 heterocycles. The van der Waals surface area contributed by atoms with Crippen molar-refractivity contribution in [2.45, 2.75) is 208 Å². The Morgan fingerprint density at radius 3 is 2.42 bits per heavy atom. The highest BCUT2D eigenvalue weighted by molar-refractivity contribution is 5.79. The summed E-state index contributed by atoms with van der Waals surface area (Å²) in [5, 5.41) is 3.36. The number of nitrogens with one attached hydrogen (secondary N) is 1. The summed E-state index contributed by atoms with van der Waals surface area (Å²) < 4.78 is 64.7. The lowest BCUT2D eigenvalue weighted by molar-refractivity contribution is -0.292. The number of rotatable bonds is 17. The van der Waals surface area contributed by atoms with E-state index in [-0.39, 0.29) is 109 Å². The highest BCUT2D eigenvalue weighted by Crippen LogP contribution is 2.54. The molecule has 9 saturated heterocycles. The van der Waals surface area contributed by atoms with Crippen molar-refractivity contribution in [3.05, 3.63) is 24.3 Å². The molecule has 0 spiro atoms. The van der Waals surface area contributed by atoms with E-state index in [0.717, 1.165) is 64.5 Å². The van der Waals surface area contributed by atoms with Gasteiger partial charge in [0.15, 0.2) is 5.79 Å². The monoisotopic (exact) mass is 773 g/mol. The van der Waals surface area contributed by atoms with Gasteiger partial charge in [-0.15, -0.1) is 0 Å². The lowest BCUT2D eigenvalue weighted by Gasteiger charge is -2.47. The van der Waals surface area contributed by atoms with E-state index in [1.54, 1.807) is 14.2 Å². The van der Waals surface area contributed by atoms with Gasteiger partial charge in [-0.25, -0.2) is 0 Å². The van der Waals surface area contributed by atoms with Gasteiger partial charge < -0.3 is 52.7 Å². The summed E-state index contributed by atoms with van der Waals surface area (Å²) in [6, 6.07) is 0. The van der Waals surface area contributed by atoms with Crippen molar-refractivity contribution in [2.75, 3.05) is 27.3 Å². The lowest BCUT2D eigenvalue weighted by atomic mass is 9.85. The molecule has 0 aromatic rings. The van der Waals surface area contributed by atoms with E-state index in [9.17, 15) is 4.79 Å². The average molecular weight is 774 g/mol. The Morgan fingerprint density at radius 2 is 1.64 bits per heavy atom. The molecule has 0 radical (unpaired) electrons. The Labute approximate surface area is 327 Å². The number of Topliss-reactive ketones (excluding diaryl/α,β-unsaturated/α-hetero) is 1. The minimum absolute atomic E-state index is 0.0113. The van der Waals surface area contributed by atoms with Crippen LogP contribution >= 0.6 is 0 Å². The van der Waals surface area contributed by atoms with E-state index >= 15 is 0 Å². The molecular formula is C43H67NO11. The first-order chi connectivity index (χ1) is 26.6. The Balaban J connectivity index is 0.848. The van der Waals surface area contributed by atoms with Crippen LogP contribution in [0.4, 0.5) is 0 Å². The number of hydrogen-bond donors (Lipinski definition) is 1. The van der Waals surface area contributed by atoms with Gasteiger partial charge in [-0.05, 0) is 82.9 Å². The van der Waals surface area contributed by atoms with Gasteiger partial charge >= 0.3 is 0 Å². The van der Waals surface area contributed by atoms with E-state index in [2.05, 4.69) is 32.3 Å².